The summed E-state index contributed by atoms with van der Waals surface area (Å²) in [5, 5.41) is 18.8. The smallest absolute Gasteiger partial charge is 0.264 e. The molecular formula is C28H20N2O3S2. The normalized spacial score (nSPS) is 16.1. The van der Waals surface area contributed by atoms with E-state index < -0.39 is 10.1 Å². The molecular weight excluding hydrogens is 476 g/mol. The van der Waals surface area contributed by atoms with Crippen molar-refractivity contribution in [3.63, 3.8) is 0 Å². The van der Waals surface area contributed by atoms with Gasteiger partial charge in [-0.1, -0.05) is 89.7 Å². The predicted molar refractivity (Wildman–Crippen MR) is 142 cm³/mol. The van der Waals surface area contributed by atoms with Gasteiger partial charge >= 0.3 is 10.1 Å². The van der Waals surface area contributed by atoms with Gasteiger partial charge in [0.2, 0.25) is 0 Å². The van der Waals surface area contributed by atoms with Crippen LogP contribution in [0, 0.1) is 25.2 Å². The summed E-state index contributed by atoms with van der Waals surface area (Å²) in [6, 6.07) is 24.5. The van der Waals surface area contributed by atoms with Gasteiger partial charge in [-0.25, -0.2) is 0 Å². The van der Waals surface area contributed by atoms with E-state index in [2.05, 4.69) is 11.2 Å². The zero-order chi connectivity index (χ0) is 24.6. The molecule has 0 atom stereocenters. The average Bonchev–Trinajstić information content (AvgIpc) is 3.33. The predicted octanol–water partition coefficient (Wildman–Crippen LogP) is 6.87. The van der Waals surface area contributed by atoms with E-state index in [1.54, 1.807) is 35.7 Å². The number of thioether (sulfide) groups is 1. The van der Waals surface area contributed by atoms with Crippen LogP contribution in [0.4, 0.5) is 0 Å². The van der Waals surface area contributed by atoms with E-state index in [0.29, 0.717) is 27.0 Å². The van der Waals surface area contributed by atoms with Gasteiger partial charge in [0, 0.05) is 16.3 Å². The molecule has 7 heteroatoms. The Bertz CT molecular complexity index is 1690. The Balaban J connectivity index is 1.64. The molecule has 0 radical (unpaired) electrons. The van der Waals surface area contributed by atoms with Gasteiger partial charge in [-0.3, -0.25) is 4.28 Å². The van der Waals surface area contributed by atoms with Crippen molar-refractivity contribution in [2.75, 3.05) is 0 Å². The molecule has 4 aromatic carbocycles. The third-order valence-electron chi connectivity index (χ3n) is 6.06. The zero-order valence-electron chi connectivity index (χ0n) is 19.0. The number of rotatable bonds is 4. The summed E-state index contributed by atoms with van der Waals surface area (Å²) in [6.07, 6.45) is 1.75. The van der Waals surface area contributed by atoms with Gasteiger partial charge in [0.1, 0.15) is 16.0 Å². The van der Waals surface area contributed by atoms with E-state index in [1.165, 1.54) is 11.8 Å². The molecule has 0 N–H and O–H groups in total. The Morgan fingerprint density at radius 1 is 0.886 bits per heavy atom. The third-order valence-corrected chi connectivity index (χ3v) is 8.06. The SMILES string of the molecule is Cc1ccccc1/C(C#N)=C1\C=CS\C1=N/OS(=O)(=O)c1c2ccccc2c(C)c2ccccc12. The van der Waals surface area contributed by atoms with Gasteiger partial charge in [0.15, 0.2) is 0 Å². The van der Waals surface area contributed by atoms with Crippen LogP contribution in [0.25, 0.3) is 27.1 Å². The Hall–Kier alpha value is -3.86. The van der Waals surface area contributed by atoms with E-state index in [4.69, 9.17) is 4.28 Å². The first kappa shape index (κ1) is 22.9. The van der Waals surface area contributed by atoms with Gasteiger partial charge in [-0.05, 0) is 52.8 Å². The van der Waals surface area contributed by atoms with Crippen LogP contribution < -0.4 is 0 Å². The summed E-state index contributed by atoms with van der Waals surface area (Å²) in [4.78, 5) is 0.0829. The molecule has 5 nitrogen and oxygen atoms in total. The lowest BCUT2D eigenvalue weighted by Gasteiger charge is -2.14. The van der Waals surface area contributed by atoms with Crippen LogP contribution in [0.2, 0.25) is 0 Å². The lowest BCUT2D eigenvalue weighted by molar-refractivity contribution is 0.341. The minimum atomic E-state index is -4.28. The van der Waals surface area contributed by atoms with Crippen molar-refractivity contribution in [1.82, 2.24) is 0 Å². The highest BCUT2D eigenvalue weighted by Gasteiger charge is 2.26. The highest BCUT2D eigenvalue weighted by molar-refractivity contribution is 8.17. The van der Waals surface area contributed by atoms with E-state index in [9.17, 15) is 13.7 Å². The number of nitrogens with zero attached hydrogens (tertiary/aromatic N) is 2. The maximum atomic E-state index is 13.6. The van der Waals surface area contributed by atoms with E-state index in [-0.39, 0.29) is 4.90 Å². The van der Waals surface area contributed by atoms with Gasteiger partial charge in [-0.15, -0.1) is 0 Å². The number of benzene rings is 4. The fourth-order valence-corrected chi connectivity index (χ4v) is 6.28. The Morgan fingerprint density at radius 2 is 1.46 bits per heavy atom. The van der Waals surface area contributed by atoms with Crippen LogP contribution in [0.1, 0.15) is 16.7 Å². The summed E-state index contributed by atoms with van der Waals surface area (Å²) >= 11 is 1.21. The van der Waals surface area contributed by atoms with Crippen molar-refractivity contribution >= 4 is 54.0 Å². The molecule has 1 heterocycles. The fraction of sp³-hybridized carbons (Fsp3) is 0.0714. The second-order valence-corrected chi connectivity index (χ2v) is 10.5. The topological polar surface area (TPSA) is 79.5 Å². The second kappa shape index (κ2) is 9.06. The van der Waals surface area contributed by atoms with Crippen LogP contribution in [0.5, 0.6) is 0 Å². The molecule has 35 heavy (non-hydrogen) atoms. The van der Waals surface area contributed by atoms with Crippen molar-refractivity contribution in [2.45, 2.75) is 18.7 Å². The van der Waals surface area contributed by atoms with Gasteiger partial charge in [0.25, 0.3) is 0 Å². The Kier molecular flexibility index (Phi) is 5.93. The summed E-state index contributed by atoms with van der Waals surface area (Å²) < 4.78 is 32.4. The molecule has 0 amide bonds. The number of aryl methyl sites for hydroxylation is 2. The molecule has 0 unspecified atom stereocenters. The molecule has 0 saturated heterocycles. The lowest BCUT2D eigenvalue weighted by atomic mass is 9.97. The van der Waals surface area contributed by atoms with E-state index >= 15 is 0 Å². The van der Waals surface area contributed by atoms with Crippen LogP contribution in [0.3, 0.4) is 0 Å². The molecule has 0 aromatic heterocycles. The molecule has 4 aromatic rings. The van der Waals surface area contributed by atoms with Crippen LogP contribution in [-0.2, 0) is 14.4 Å². The van der Waals surface area contributed by atoms with Gasteiger partial charge < -0.3 is 0 Å². The number of hydrogen-bond donors (Lipinski definition) is 0. The molecule has 1 aliphatic rings. The molecule has 1 aliphatic heterocycles. The summed E-state index contributed by atoms with van der Waals surface area (Å²) in [7, 11) is -4.28. The molecule has 0 saturated carbocycles. The Labute approximate surface area is 208 Å². The third kappa shape index (κ3) is 4.01. The zero-order valence-corrected chi connectivity index (χ0v) is 20.7. The summed E-state index contributed by atoms with van der Waals surface area (Å²) in [5.74, 6) is 0. The van der Waals surface area contributed by atoms with Crippen molar-refractivity contribution in [3.8, 4) is 6.07 Å². The lowest BCUT2D eigenvalue weighted by Crippen LogP contribution is -2.07. The maximum Gasteiger partial charge on any atom is 0.359 e. The summed E-state index contributed by atoms with van der Waals surface area (Å²) in [5.41, 5.74) is 3.64. The standard InChI is InChI=1S/C28H20N2O3S2/c1-18-9-3-4-10-20(18)26(17-29)25-15-16-34-28(25)30-33-35(31,32)27-23-13-7-5-11-21(23)19(2)22-12-6-8-14-24(22)27/h3-16H,1-2H3/b26-25+,30-28-. The van der Waals surface area contributed by atoms with Crippen molar-refractivity contribution < 1.29 is 12.7 Å². The molecule has 0 bridgehead atoms. The molecule has 172 valence electrons. The minimum absolute atomic E-state index is 0.0829. The van der Waals surface area contributed by atoms with Crippen LogP contribution in [-0.4, -0.2) is 13.5 Å². The number of nitriles is 1. The van der Waals surface area contributed by atoms with Crippen molar-refractivity contribution in [3.05, 3.63) is 107 Å². The van der Waals surface area contributed by atoms with Crippen molar-refractivity contribution in [1.29, 1.82) is 5.26 Å². The molecule has 5 rings (SSSR count). The van der Waals surface area contributed by atoms with Crippen LogP contribution in [0.15, 0.2) is 99.9 Å². The molecule has 0 spiro atoms. The largest absolute Gasteiger partial charge is 0.359 e. The molecule has 0 aliphatic carbocycles. The molecule has 0 fully saturated rings. The minimum Gasteiger partial charge on any atom is -0.264 e. The van der Waals surface area contributed by atoms with Crippen LogP contribution >= 0.6 is 11.8 Å². The second-order valence-electron chi connectivity index (χ2n) is 8.11. The first-order chi connectivity index (χ1) is 16.9. The van der Waals surface area contributed by atoms with Gasteiger partial charge in [-0.2, -0.15) is 13.7 Å². The number of allylic oxidation sites excluding steroid dienone is 2. The monoisotopic (exact) mass is 496 g/mol. The first-order valence-corrected chi connectivity index (χ1v) is 13.2. The summed E-state index contributed by atoms with van der Waals surface area (Å²) in [6.45, 7) is 3.90. The average molecular weight is 497 g/mol. The van der Waals surface area contributed by atoms with E-state index in [0.717, 1.165) is 27.5 Å². The number of oxime groups is 1. The highest BCUT2D eigenvalue weighted by Crippen LogP contribution is 2.37. The van der Waals surface area contributed by atoms with Crippen molar-refractivity contribution in [2.24, 2.45) is 5.16 Å². The quantitative estimate of drug-likeness (QED) is 0.175. The first-order valence-electron chi connectivity index (χ1n) is 10.9. The van der Waals surface area contributed by atoms with E-state index in [1.807, 2.05) is 62.4 Å². The Morgan fingerprint density at radius 3 is 2.06 bits per heavy atom. The highest BCUT2D eigenvalue weighted by atomic mass is 32.2. The number of hydrogen-bond acceptors (Lipinski definition) is 6. The number of fused-ring (bicyclic) bond motifs is 2. The van der Waals surface area contributed by atoms with Gasteiger partial charge in [0.05, 0.1) is 5.57 Å². The maximum absolute atomic E-state index is 13.6. The fourth-order valence-electron chi connectivity index (χ4n) is 4.38.